The second-order valence-corrected chi connectivity index (χ2v) is 12.2. The van der Waals surface area contributed by atoms with Crippen molar-refractivity contribution in [3.05, 3.63) is 0 Å². The summed E-state index contributed by atoms with van der Waals surface area (Å²) in [4.78, 5) is 23.8. The van der Waals surface area contributed by atoms with Gasteiger partial charge in [-0.3, -0.25) is 9.59 Å². The Balaban J connectivity index is -0.00000722. The Kier molecular flexibility index (Phi) is 46.2. The van der Waals surface area contributed by atoms with Gasteiger partial charge in [-0.15, -0.1) is 0 Å². The van der Waals surface area contributed by atoms with Crippen LogP contribution in [0.25, 0.3) is 0 Å². The number of carbonyl (C=O) groups is 2. The van der Waals surface area contributed by atoms with E-state index in [1.165, 1.54) is 167 Å². The van der Waals surface area contributed by atoms with Gasteiger partial charge in [0.15, 0.2) is 0 Å². The normalized spacial score (nSPS) is 10.7. The second kappa shape index (κ2) is 40.9. The van der Waals surface area contributed by atoms with Crippen molar-refractivity contribution in [2.75, 3.05) is 0 Å². The van der Waals surface area contributed by atoms with Gasteiger partial charge < -0.3 is 4.74 Å². The molecule has 0 spiro atoms. The van der Waals surface area contributed by atoms with E-state index in [-0.39, 0.29) is 64.5 Å². The van der Waals surface area contributed by atoms with E-state index in [0.29, 0.717) is 12.8 Å². The first kappa shape index (κ1) is 46.3. The molecule has 0 fully saturated rings. The zero-order valence-electron chi connectivity index (χ0n) is 26.9. The number of hydrogen-bond donors (Lipinski definition) is 0. The van der Waals surface area contributed by atoms with Crippen LogP contribution in [0.1, 0.15) is 219 Å². The van der Waals surface area contributed by atoms with Gasteiger partial charge >= 0.3 is 64.5 Å². The monoisotopic (exact) mass is 601 g/mol. The number of rotatable bonds is 32. The van der Waals surface area contributed by atoms with Crippen molar-refractivity contribution >= 4 is 64.5 Å². The molecule has 0 radical (unpaired) electrons. The molecule has 3 nitrogen and oxygen atoms in total. The van der Waals surface area contributed by atoms with Gasteiger partial charge in [0.25, 0.3) is 0 Å². The maximum absolute atomic E-state index is 11.9. The molecular weight excluding hydrogens is 528 g/mol. The number of ether oxygens (including phenoxy) is 1. The molecule has 0 aromatic heterocycles. The molecule has 0 heterocycles. The van der Waals surface area contributed by atoms with Gasteiger partial charge in [-0.05, 0) is 12.8 Å². The maximum atomic E-state index is 11.9. The average Bonchev–Trinajstić information content (AvgIpc) is 2.93. The first-order valence-corrected chi connectivity index (χ1v) is 17.9. The summed E-state index contributed by atoms with van der Waals surface area (Å²) in [5.74, 6) is -0.647. The van der Waals surface area contributed by atoms with E-state index in [2.05, 4.69) is 13.8 Å². The van der Waals surface area contributed by atoms with Crippen molar-refractivity contribution in [3.8, 4) is 0 Å². The molecule has 0 saturated heterocycles. The molecule has 0 N–H and O–H groups in total. The van der Waals surface area contributed by atoms with Crippen LogP contribution < -0.4 is 0 Å². The molecule has 5 heteroatoms. The minimum atomic E-state index is -0.323. The fourth-order valence-corrected chi connectivity index (χ4v) is 5.51. The van der Waals surface area contributed by atoms with Crippen LogP contribution in [-0.4, -0.2) is 64.5 Å². The zero-order valence-corrected chi connectivity index (χ0v) is 26.9. The van der Waals surface area contributed by atoms with E-state index in [0.717, 1.165) is 25.7 Å². The fraction of sp³-hybridized carbons (Fsp3) is 0.944. The molecule has 0 saturated carbocycles. The molecule has 0 rings (SSSR count). The van der Waals surface area contributed by atoms with Crippen molar-refractivity contribution in [1.82, 2.24) is 0 Å². The molecule has 0 atom stereocenters. The number of hydrogen-bond acceptors (Lipinski definition) is 3. The van der Waals surface area contributed by atoms with Crippen molar-refractivity contribution in [3.63, 3.8) is 0 Å². The van der Waals surface area contributed by atoms with E-state index in [1.807, 2.05) is 0 Å². The number of esters is 2. The predicted octanol–water partition coefficient (Wildman–Crippen LogP) is 11.0. The van der Waals surface area contributed by atoms with Gasteiger partial charge in [0.05, 0.1) is 0 Å². The third kappa shape index (κ3) is 40.9. The van der Waals surface area contributed by atoms with Crippen LogP contribution in [0.4, 0.5) is 0 Å². The molecule has 0 unspecified atom stereocenters. The van der Waals surface area contributed by atoms with Gasteiger partial charge in [-0.1, -0.05) is 194 Å². The van der Waals surface area contributed by atoms with E-state index in [9.17, 15) is 9.59 Å². The molecule has 0 amide bonds. The molecule has 0 aliphatic carbocycles. The molecule has 238 valence electrons. The Bertz CT molecular complexity index is 471. The van der Waals surface area contributed by atoms with Crippen molar-refractivity contribution in [2.24, 2.45) is 0 Å². The first-order chi connectivity index (χ1) is 19.2. The molecule has 41 heavy (non-hydrogen) atoms. The quantitative estimate of drug-likeness (QED) is 0.0334. The Morgan fingerprint density at radius 3 is 0.707 bits per heavy atom. The summed E-state index contributed by atoms with van der Waals surface area (Å²) in [5.41, 5.74) is 0. The Morgan fingerprint density at radius 1 is 0.341 bits per heavy atom. The summed E-state index contributed by atoms with van der Waals surface area (Å²) in [5, 5.41) is 0. The fourth-order valence-electron chi connectivity index (χ4n) is 5.51. The van der Waals surface area contributed by atoms with Gasteiger partial charge in [-0.25, -0.2) is 0 Å². The third-order valence-electron chi connectivity index (χ3n) is 8.20. The number of unbranched alkanes of at least 4 members (excludes halogenated alkanes) is 28. The SMILES string of the molecule is CCCCCCCCCCCCCCCCCC(=O)OC(=O)CCCCCCCCCCCCCCCCC.[MgH2].[NaH]. The van der Waals surface area contributed by atoms with Gasteiger partial charge in [0, 0.05) is 12.8 Å². The van der Waals surface area contributed by atoms with E-state index >= 15 is 0 Å². The standard InChI is InChI=1S/C36H70O3.Mg.Na.3H/c1-3-5-7-9-11-13-15-17-19-21-23-25-27-29-31-33-35(37)39-36(38)34-32-30-28-26-24-22-20-18-16-14-12-10-8-6-4-2;;;;;/h3-34H2,1-2H3;;;;;. The van der Waals surface area contributed by atoms with Crippen molar-refractivity contribution < 1.29 is 14.3 Å². The Morgan fingerprint density at radius 2 is 0.512 bits per heavy atom. The summed E-state index contributed by atoms with van der Waals surface area (Å²) in [6.07, 6.45) is 40.1. The van der Waals surface area contributed by atoms with Crippen LogP contribution >= 0.6 is 0 Å². The first-order valence-electron chi connectivity index (χ1n) is 17.9. The number of carbonyl (C=O) groups excluding carboxylic acids is 2. The van der Waals surface area contributed by atoms with Crippen LogP contribution in [0, 0.1) is 0 Å². The summed E-state index contributed by atoms with van der Waals surface area (Å²) in [6.45, 7) is 4.55. The summed E-state index contributed by atoms with van der Waals surface area (Å²) >= 11 is 0. The van der Waals surface area contributed by atoms with Gasteiger partial charge in [0.1, 0.15) is 0 Å². The second-order valence-electron chi connectivity index (χ2n) is 12.2. The summed E-state index contributed by atoms with van der Waals surface area (Å²) < 4.78 is 5.01. The summed E-state index contributed by atoms with van der Waals surface area (Å²) in [6, 6.07) is 0. The molecular formula is C36H73MgNaO3. The zero-order chi connectivity index (χ0) is 28.5. The van der Waals surface area contributed by atoms with Crippen LogP contribution in [0.5, 0.6) is 0 Å². The van der Waals surface area contributed by atoms with Gasteiger partial charge in [0.2, 0.25) is 0 Å². The average molecular weight is 601 g/mol. The molecule has 0 aromatic carbocycles. The van der Waals surface area contributed by atoms with Crippen LogP contribution in [-0.2, 0) is 14.3 Å². The van der Waals surface area contributed by atoms with Gasteiger partial charge in [-0.2, -0.15) is 0 Å². The van der Waals surface area contributed by atoms with Crippen molar-refractivity contribution in [1.29, 1.82) is 0 Å². The third-order valence-corrected chi connectivity index (χ3v) is 8.20. The predicted molar refractivity (Wildman–Crippen MR) is 186 cm³/mol. The van der Waals surface area contributed by atoms with E-state index in [4.69, 9.17) is 4.74 Å². The van der Waals surface area contributed by atoms with E-state index < -0.39 is 0 Å². The van der Waals surface area contributed by atoms with Crippen LogP contribution in [0.3, 0.4) is 0 Å². The van der Waals surface area contributed by atoms with Crippen LogP contribution in [0.15, 0.2) is 0 Å². The van der Waals surface area contributed by atoms with E-state index in [1.54, 1.807) is 0 Å². The minimum absolute atomic E-state index is 0. The molecule has 0 aliphatic rings. The Hall–Kier alpha value is 0.906. The topological polar surface area (TPSA) is 43.4 Å². The molecule has 0 bridgehead atoms. The Labute approximate surface area is 296 Å². The molecule has 0 aromatic rings. The molecule has 0 aliphatic heterocycles. The summed E-state index contributed by atoms with van der Waals surface area (Å²) in [7, 11) is 0. The van der Waals surface area contributed by atoms with Crippen LogP contribution in [0.2, 0.25) is 0 Å². The van der Waals surface area contributed by atoms with Crippen molar-refractivity contribution in [2.45, 2.75) is 219 Å².